The number of hydrogen-bond acceptors (Lipinski definition) is 1. The molecule has 112 valence electrons. The van der Waals surface area contributed by atoms with Crippen LogP contribution in [-0.2, 0) is 6.18 Å². The van der Waals surface area contributed by atoms with Crippen molar-refractivity contribution in [3.8, 4) is 0 Å². The van der Waals surface area contributed by atoms with E-state index < -0.39 is 23.7 Å². The first-order valence-corrected chi connectivity index (χ1v) is 7.09. The molecule has 2 aromatic rings. The quantitative estimate of drug-likeness (QED) is 0.555. The summed E-state index contributed by atoms with van der Waals surface area (Å²) in [6.45, 7) is 1.85. The van der Waals surface area contributed by atoms with Crippen molar-refractivity contribution in [1.29, 1.82) is 0 Å². The van der Waals surface area contributed by atoms with Crippen molar-refractivity contribution in [2.45, 2.75) is 19.2 Å². The molecule has 2 rings (SSSR count). The van der Waals surface area contributed by atoms with E-state index in [4.69, 9.17) is 0 Å². The van der Waals surface area contributed by atoms with Crippen molar-refractivity contribution in [2.75, 3.05) is 0 Å². The molecule has 0 aliphatic carbocycles. The monoisotopic (exact) mass is 410 g/mol. The third-order valence-corrected chi connectivity index (χ3v) is 4.60. The van der Waals surface area contributed by atoms with Gasteiger partial charge in [-0.25, -0.2) is 4.39 Å². The Morgan fingerprint density at radius 3 is 2.38 bits per heavy atom. The molecule has 0 aliphatic heterocycles. The number of aliphatic hydroxyl groups excluding tert-OH is 1. The summed E-state index contributed by atoms with van der Waals surface area (Å²) in [4.78, 5) is 0. The third kappa shape index (κ3) is 3.37. The Morgan fingerprint density at radius 1 is 1.14 bits per heavy atom. The van der Waals surface area contributed by atoms with Crippen LogP contribution < -0.4 is 0 Å². The minimum absolute atomic E-state index is 0.0871. The van der Waals surface area contributed by atoms with Gasteiger partial charge in [0.2, 0.25) is 0 Å². The van der Waals surface area contributed by atoms with Gasteiger partial charge in [0.25, 0.3) is 0 Å². The van der Waals surface area contributed by atoms with Crippen LogP contribution in [0.15, 0.2) is 36.4 Å². The Bertz CT molecular complexity index is 667. The van der Waals surface area contributed by atoms with Crippen LogP contribution >= 0.6 is 22.6 Å². The molecular weight excluding hydrogens is 399 g/mol. The summed E-state index contributed by atoms with van der Waals surface area (Å²) in [6, 6.07) is 7.72. The largest absolute Gasteiger partial charge is 0.419 e. The molecule has 0 bridgehead atoms. The van der Waals surface area contributed by atoms with Crippen molar-refractivity contribution >= 4 is 22.6 Å². The summed E-state index contributed by atoms with van der Waals surface area (Å²) in [5, 5.41) is 10.3. The first-order valence-electron chi connectivity index (χ1n) is 6.01. The van der Waals surface area contributed by atoms with E-state index >= 15 is 0 Å². The van der Waals surface area contributed by atoms with Crippen molar-refractivity contribution in [2.24, 2.45) is 0 Å². The van der Waals surface area contributed by atoms with Crippen LogP contribution in [0.4, 0.5) is 17.6 Å². The molecule has 1 N–H and O–H groups in total. The molecule has 2 aromatic carbocycles. The molecule has 0 saturated carbocycles. The Hall–Kier alpha value is -1.15. The van der Waals surface area contributed by atoms with Crippen molar-refractivity contribution < 1.29 is 22.7 Å². The summed E-state index contributed by atoms with van der Waals surface area (Å²) in [5.74, 6) is -1.39. The molecule has 0 heterocycles. The van der Waals surface area contributed by atoms with E-state index in [0.29, 0.717) is 11.6 Å². The van der Waals surface area contributed by atoms with E-state index in [2.05, 4.69) is 0 Å². The lowest BCUT2D eigenvalue weighted by Gasteiger charge is -2.16. The molecule has 0 amide bonds. The zero-order valence-corrected chi connectivity index (χ0v) is 13.0. The Kier molecular flexibility index (Phi) is 4.57. The van der Waals surface area contributed by atoms with Gasteiger partial charge < -0.3 is 5.11 Å². The van der Waals surface area contributed by atoms with Crippen LogP contribution in [0.25, 0.3) is 0 Å². The molecular formula is C15H11F4IO. The highest BCUT2D eigenvalue weighted by Crippen LogP contribution is 2.34. The fourth-order valence-electron chi connectivity index (χ4n) is 1.99. The minimum Gasteiger partial charge on any atom is -0.384 e. The average Bonchev–Trinajstić information content (AvgIpc) is 2.39. The van der Waals surface area contributed by atoms with Gasteiger partial charge in [0.15, 0.2) is 0 Å². The fraction of sp³-hybridized carbons (Fsp3) is 0.200. The number of aryl methyl sites for hydroxylation is 1. The fourth-order valence-corrected chi connectivity index (χ4v) is 2.65. The van der Waals surface area contributed by atoms with Crippen LogP contribution in [0.3, 0.4) is 0 Å². The zero-order valence-electron chi connectivity index (χ0n) is 10.9. The van der Waals surface area contributed by atoms with Crippen molar-refractivity contribution in [3.05, 3.63) is 68.0 Å². The highest BCUT2D eigenvalue weighted by molar-refractivity contribution is 14.1. The van der Waals surface area contributed by atoms with Gasteiger partial charge in [0, 0.05) is 3.57 Å². The zero-order chi connectivity index (χ0) is 15.8. The van der Waals surface area contributed by atoms with Gasteiger partial charge in [-0.15, -0.1) is 0 Å². The lowest BCUT2D eigenvalue weighted by atomic mass is 9.98. The maximum Gasteiger partial charge on any atom is 0.419 e. The molecule has 0 aliphatic rings. The second-order valence-electron chi connectivity index (χ2n) is 4.62. The van der Waals surface area contributed by atoms with Crippen LogP contribution in [0.5, 0.6) is 0 Å². The van der Waals surface area contributed by atoms with E-state index in [9.17, 15) is 22.7 Å². The summed E-state index contributed by atoms with van der Waals surface area (Å²) < 4.78 is 51.9. The summed E-state index contributed by atoms with van der Waals surface area (Å²) in [7, 11) is 0. The minimum atomic E-state index is -4.74. The van der Waals surface area contributed by atoms with Gasteiger partial charge in [0.1, 0.15) is 11.9 Å². The molecule has 0 radical (unpaired) electrons. The average molecular weight is 410 g/mol. The molecule has 0 aromatic heterocycles. The lowest BCUT2D eigenvalue weighted by molar-refractivity contribution is -0.140. The maximum absolute atomic E-state index is 13.6. The van der Waals surface area contributed by atoms with Gasteiger partial charge in [-0.1, -0.05) is 24.3 Å². The topological polar surface area (TPSA) is 20.2 Å². The Morgan fingerprint density at radius 2 is 1.81 bits per heavy atom. The van der Waals surface area contributed by atoms with Gasteiger partial charge in [-0.3, -0.25) is 0 Å². The predicted octanol–water partition coefficient (Wildman–Crippen LogP) is 4.84. The molecule has 6 heteroatoms. The second kappa shape index (κ2) is 5.92. The summed E-state index contributed by atoms with van der Waals surface area (Å²) in [5.41, 5.74) is 0.218. The highest BCUT2D eigenvalue weighted by Gasteiger charge is 2.34. The number of aliphatic hydroxyl groups is 1. The number of hydrogen-bond donors (Lipinski definition) is 1. The Labute approximate surface area is 132 Å². The number of rotatable bonds is 2. The van der Waals surface area contributed by atoms with E-state index in [-0.39, 0.29) is 5.56 Å². The number of alkyl halides is 3. The molecule has 0 saturated heterocycles. The van der Waals surface area contributed by atoms with Crippen LogP contribution in [-0.4, -0.2) is 5.11 Å². The SMILES string of the molecule is Cc1cccc(C(O)c2ccc(C(F)(F)F)c(F)c2)c1I. The van der Waals surface area contributed by atoms with E-state index in [0.717, 1.165) is 21.3 Å². The first kappa shape index (κ1) is 16.2. The first-order chi connectivity index (χ1) is 9.71. The van der Waals surface area contributed by atoms with Crippen LogP contribution in [0, 0.1) is 16.3 Å². The van der Waals surface area contributed by atoms with Crippen molar-refractivity contribution in [3.63, 3.8) is 0 Å². The molecule has 1 atom stereocenters. The van der Waals surface area contributed by atoms with Gasteiger partial charge in [0.05, 0.1) is 5.56 Å². The molecule has 1 unspecified atom stereocenters. The standard InChI is InChI=1S/C15H11F4IO/c1-8-3-2-4-10(13(8)20)14(21)9-5-6-11(12(16)7-9)15(17,18)19/h2-7,14,21H,1H3. The van der Waals surface area contributed by atoms with E-state index in [1.54, 1.807) is 12.1 Å². The normalized spacial score (nSPS) is 13.3. The number of halogens is 5. The number of benzene rings is 2. The van der Waals surface area contributed by atoms with Gasteiger partial charge in [-0.2, -0.15) is 13.2 Å². The predicted molar refractivity (Wildman–Crippen MR) is 79.4 cm³/mol. The second-order valence-corrected chi connectivity index (χ2v) is 5.70. The molecule has 0 fully saturated rings. The maximum atomic E-state index is 13.6. The molecule has 0 spiro atoms. The van der Waals surface area contributed by atoms with E-state index in [1.807, 2.05) is 35.6 Å². The lowest BCUT2D eigenvalue weighted by Crippen LogP contribution is -2.10. The van der Waals surface area contributed by atoms with Crippen LogP contribution in [0.2, 0.25) is 0 Å². The highest BCUT2D eigenvalue weighted by atomic mass is 127. The van der Waals surface area contributed by atoms with Crippen molar-refractivity contribution in [1.82, 2.24) is 0 Å². The van der Waals surface area contributed by atoms with Gasteiger partial charge >= 0.3 is 6.18 Å². The third-order valence-electron chi connectivity index (χ3n) is 3.13. The van der Waals surface area contributed by atoms with Gasteiger partial charge in [-0.05, 0) is 58.3 Å². The smallest absolute Gasteiger partial charge is 0.384 e. The molecule has 1 nitrogen and oxygen atoms in total. The Balaban J connectivity index is 2.43. The molecule has 21 heavy (non-hydrogen) atoms. The summed E-state index contributed by atoms with van der Waals surface area (Å²) in [6.07, 6.45) is -5.92. The van der Waals surface area contributed by atoms with Crippen LogP contribution in [0.1, 0.15) is 28.4 Å². The summed E-state index contributed by atoms with van der Waals surface area (Å²) >= 11 is 2.04. The van der Waals surface area contributed by atoms with E-state index in [1.165, 1.54) is 0 Å².